The molecule has 2 saturated heterocycles. The minimum absolute atomic E-state index is 0.00551. The van der Waals surface area contributed by atoms with Crippen molar-refractivity contribution in [3.63, 3.8) is 0 Å². The Hall–Kier alpha value is -3.74. The van der Waals surface area contributed by atoms with Gasteiger partial charge in [-0.25, -0.2) is 4.98 Å². The summed E-state index contributed by atoms with van der Waals surface area (Å²) in [5.41, 5.74) is -3.12. The predicted molar refractivity (Wildman–Crippen MR) is 203 cm³/mol. The smallest absolute Gasteiger partial charge is 0.252 e. The lowest BCUT2D eigenvalue weighted by Gasteiger charge is -2.42. The molecule has 1 amide bonds. The third-order valence-electron chi connectivity index (χ3n) is 10.3. The van der Waals surface area contributed by atoms with E-state index in [1.165, 1.54) is 40.8 Å². The van der Waals surface area contributed by atoms with Crippen molar-refractivity contribution in [1.82, 2.24) is 15.6 Å². The number of nitrogens with one attached hydrogen (secondary N) is 2. The van der Waals surface area contributed by atoms with Crippen LogP contribution in [0.1, 0.15) is 89.1 Å². The van der Waals surface area contributed by atoms with Gasteiger partial charge in [0, 0.05) is 60.0 Å². The van der Waals surface area contributed by atoms with Crippen LogP contribution in [-0.4, -0.2) is 106 Å². The highest BCUT2D eigenvalue weighted by Gasteiger charge is 2.50. The number of benzene rings is 2. The normalized spacial score (nSPS) is 26.5. The largest absolute Gasteiger partial charge is 0.507 e. The van der Waals surface area contributed by atoms with Gasteiger partial charge in [0.2, 0.25) is 5.78 Å². The van der Waals surface area contributed by atoms with E-state index >= 15 is 0 Å². The Morgan fingerprint density at radius 3 is 2.58 bits per heavy atom. The van der Waals surface area contributed by atoms with Crippen LogP contribution in [-0.2, 0) is 30.2 Å². The standard InChI is InChI=1S/C39H45N3O11S2/c1-20-23(52-26-18-50-15-14-40-26)11-12-28(51-20)53-25-17-39(48,37(47)42-19-38(2,3)55-54-27-10-5-6-13-41-27)16-22-30(25)36(46)32-31(34(22)44)33(43)21-8-7-9-24(49-4)29(21)35(32)45/h5-10,13,20,23,25-26,28,40,44,46,48H,11-12,14-19H2,1-4H3,(H,42,47)/t20-,23-,25-,26+,28-,39-/m0/s1. The predicted octanol–water partition coefficient (Wildman–Crippen LogP) is 4.20. The SMILES string of the molecule is COc1cccc2c1C(=O)c1c(O)c3c(c(O)c1C2=O)C[C@@](O)(C(=O)NCC(C)(C)SSc1ccccn1)C[C@@H]3O[C@H]1CC[C@H](O[C@@H]2COCCN2)[C@H](C)O1. The first kappa shape index (κ1) is 39.5. The van der Waals surface area contributed by atoms with Gasteiger partial charge < -0.3 is 44.3 Å². The number of phenols is 2. The average molecular weight is 796 g/mol. The van der Waals surface area contributed by atoms with Crippen LogP contribution in [0.4, 0.5) is 0 Å². The first-order chi connectivity index (χ1) is 26.3. The van der Waals surface area contributed by atoms with E-state index in [9.17, 15) is 29.7 Å². The number of hydrogen-bond donors (Lipinski definition) is 5. The molecule has 0 unspecified atom stereocenters. The molecule has 3 aromatic rings. The monoisotopic (exact) mass is 795 g/mol. The zero-order valence-corrected chi connectivity index (χ0v) is 32.6. The number of methoxy groups -OCH3 is 1. The van der Waals surface area contributed by atoms with Crippen LogP contribution in [0.3, 0.4) is 0 Å². The third kappa shape index (κ3) is 7.96. The lowest BCUT2D eigenvalue weighted by molar-refractivity contribution is -0.258. The Kier molecular flexibility index (Phi) is 11.5. The number of carbonyl (C=O) groups is 3. The molecule has 2 aliphatic carbocycles. The number of nitrogens with zero attached hydrogens (tertiary/aromatic N) is 1. The fourth-order valence-corrected chi connectivity index (χ4v) is 9.56. The summed E-state index contributed by atoms with van der Waals surface area (Å²) in [6.07, 6.45) is -1.33. The molecule has 2 fully saturated rings. The summed E-state index contributed by atoms with van der Waals surface area (Å²) in [6, 6.07) is 10.1. The molecule has 2 aromatic carbocycles. The number of aliphatic hydroxyl groups is 1. The topological polar surface area (TPSA) is 195 Å². The molecular formula is C39H45N3O11S2. The molecule has 7 rings (SSSR count). The van der Waals surface area contributed by atoms with E-state index in [0.717, 1.165) is 5.03 Å². The van der Waals surface area contributed by atoms with Gasteiger partial charge >= 0.3 is 0 Å². The summed E-state index contributed by atoms with van der Waals surface area (Å²) in [5.74, 6) is -3.24. The molecule has 5 N–H and O–H groups in total. The van der Waals surface area contributed by atoms with Crippen molar-refractivity contribution in [2.45, 2.75) is 92.7 Å². The first-order valence-corrected chi connectivity index (χ1v) is 20.4. The van der Waals surface area contributed by atoms with Gasteiger partial charge in [0.05, 0.1) is 55.3 Å². The van der Waals surface area contributed by atoms with Gasteiger partial charge in [0.25, 0.3) is 5.91 Å². The zero-order valence-electron chi connectivity index (χ0n) is 31.0. The molecule has 294 valence electrons. The number of ether oxygens (including phenoxy) is 5. The maximum Gasteiger partial charge on any atom is 0.252 e. The van der Waals surface area contributed by atoms with E-state index in [-0.39, 0.29) is 53.3 Å². The molecule has 14 nitrogen and oxygen atoms in total. The van der Waals surface area contributed by atoms with E-state index < -0.39 is 75.4 Å². The van der Waals surface area contributed by atoms with E-state index in [4.69, 9.17) is 23.7 Å². The number of fused-ring (bicyclic) bond motifs is 3. The number of rotatable bonds is 11. The van der Waals surface area contributed by atoms with E-state index in [0.29, 0.717) is 32.6 Å². The molecule has 55 heavy (non-hydrogen) atoms. The maximum atomic E-state index is 14.1. The van der Waals surface area contributed by atoms with Crippen molar-refractivity contribution in [3.8, 4) is 17.2 Å². The van der Waals surface area contributed by atoms with Gasteiger partial charge in [-0.2, -0.15) is 0 Å². The molecule has 0 radical (unpaired) electrons. The van der Waals surface area contributed by atoms with Gasteiger partial charge in [-0.15, -0.1) is 0 Å². The summed E-state index contributed by atoms with van der Waals surface area (Å²) in [4.78, 5) is 46.4. The minimum atomic E-state index is -2.16. The van der Waals surface area contributed by atoms with Crippen LogP contribution >= 0.6 is 21.6 Å². The summed E-state index contributed by atoms with van der Waals surface area (Å²) in [5, 5.41) is 42.9. The highest BCUT2D eigenvalue weighted by Crippen LogP contribution is 2.52. The Balaban J connectivity index is 1.18. The van der Waals surface area contributed by atoms with Crippen molar-refractivity contribution in [3.05, 3.63) is 76.0 Å². The Morgan fingerprint density at radius 2 is 1.87 bits per heavy atom. The van der Waals surface area contributed by atoms with Crippen molar-refractivity contribution in [2.75, 3.05) is 33.4 Å². The Labute approximate surface area is 326 Å². The number of amides is 1. The quantitative estimate of drug-likeness (QED) is 0.107. The summed E-state index contributed by atoms with van der Waals surface area (Å²) in [6.45, 7) is 7.59. The highest BCUT2D eigenvalue weighted by molar-refractivity contribution is 8.77. The molecular weight excluding hydrogens is 751 g/mol. The van der Waals surface area contributed by atoms with Gasteiger partial charge in [0.15, 0.2) is 12.1 Å². The maximum absolute atomic E-state index is 14.1. The molecule has 3 heterocycles. The second-order valence-corrected chi connectivity index (χ2v) is 17.6. The van der Waals surface area contributed by atoms with Crippen molar-refractivity contribution in [1.29, 1.82) is 0 Å². The van der Waals surface area contributed by atoms with Crippen molar-refractivity contribution < 1.29 is 53.4 Å². The van der Waals surface area contributed by atoms with Crippen LogP contribution in [0.25, 0.3) is 0 Å². The summed E-state index contributed by atoms with van der Waals surface area (Å²) >= 11 is 0. The van der Waals surface area contributed by atoms with Gasteiger partial charge in [-0.1, -0.05) is 29.0 Å². The van der Waals surface area contributed by atoms with Crippen LogP contribution in [0, 0.1) is 0 Å². The molecule has 1 aromatic heterocycles. The number of aromatic hydroxyl groups is 2. The average Bonchev–Trinajstić information content (AvgIpc) is 3.18. The van der Waals surface area contributed by atoms with Crippen LogP contribution in [0.2, 0.25) is 0 Å². The van der Waals surface area contributed by atoms with Crippen LogP contribution in [0.15, 0.2) is 47.6 Å². The van der Waals surface area contributed by atoms with Crippen LogP contribution in [0.5, 0.6) is 17.2 Å². The van der Waals surface area contributed by atoms with Gasteiger partial charge in [-0.3, -0.25) is 19.7 Å². The molecule has 0 bridgehead atoms. The number of hydrogen-bond acceptors (Lipinski definition) is 15. The second kappa shape index (κ2) is 16.0. The van der Waals surface area contributed by atoms with E-state index in [1.54, 1.807) is 12.3 Å². The number of pyridine rings is 1. The minimum Gasteiger partial charge on any atom is -0.507 e. The van der Waals surface area contributed by atoms with E-state index in [1.807, 2.05) is 39.0 Å². The fraction of sp³-hybridized carbons (Fsp3) is 0.487. The fourth-order valence-electron chi connectivity index (χ4n) is 7.48. The number of ketones is 2. The number of phenolic OH excluding ortho intramolecular Hbond substituents is 2. The number of aromatic nitrogens is 1. The second-order valence-electron chi connectivity index (χ2n) is 14.7. The van der Waals surface area contributed by atoms with Crippen LogP contribution < -0.4 is 15.4 Å². The number of carbonyl (C=O) groups excluding carboxylic acids is 3. The van der Waals surface area contributed by atoms with Crippen molar-refractivity contribution >= 4 is 39.1 Å². The molecule has 16 heteroatoms. The third-order valence-corrected chi connectivity index (χ3v) is 13.5. The lowest BCUT2D eigenvalue weighted by Crippen LogP contribution is -2.54. The van der Waals surface area contributed by atoms with Gasteiger partial charge in [0.1, 0.15) is 34.1 Å². The number of morpholine rings is 1. The molecule has 4 aliphatic rings. The summed E-state index contributed by atoms with van der Waals surface area (Å²) < 4.78 is 29.3. The van der Waals surface area contributed by atoms with Gasteiger partial charge in [-0.05, 0) is 56.2 Å². The molecule has 6 atom stereocenters. The Morgan fingerprint density at radius 1 is 1.07 bits per heavy atom. The molecule has 0 spiro atoms. The first-order valence-electron chi connectivity index (χ1n) is 18.2. The highest BCUT2D eigenvalue weighted by atomic mass is 33.1. The van der Waals surface area contributed by atoms with Crippen molar-refractivity contribution in [2.24, 2.45) is 0 Å². The zero-order chi connectivity index (χ0) is 39.1. The Bertz CT molecular complexity index is 1960. The lowest BCUT2D eigenvalue weighted by atomic mass is 9.72. The summed E-state index contributed by atoms with van der Waals surface area (Å²) in [7, 11) is 4.33. The molecule has 0 saturated carbocycles. The van der Waals surface area contributed by atoms with E-state index in [2.05, 4.69) is 15.6 Å². The molecule has 2 aliphatic heterocycles.